The van der Waals surface area contributed by atoms with Crippen molar-refractivity contribution in [3.8, 4) is 0 Å². The fourth-order valence-electron chi connectivity index (χ4n) is 0. The first-order chi connectivity index (χ1) is 4.88. The first-order valence-corrected chi connectivity index (χ1v) is 4.10. The zero-order valence-electron chi connectivity index (χ0n) is 9.60. The lowest BCUT2D eigenvalue weighted by molar-refractivity contribution is 0.505. The Labute approximate surface area is 73.2 Å². The monoisotopic (exact) mass is 162 g/mol. The van der Waals surface area contributed by atoms with E-state index in [1.807, 2.05) is 52.1 Å². The Balaban J connectivity index is -0.0000000886. The van der Waals surface area contributed by atoms with E-state index in [2.05, 4.69) is 13.8 Å². The van der Waals surface area contributed by atoms with Gasteiger partial charge in [0.15, 0.2) is 0 Å². The van der Waals surface area contributed by atoms with Crippen LogP contribution in [0.5, 0.6) is 0 Å². The van der Waals surface area contributed by atoms with Crippen molar-refractivity contribution in [2.45, 2.75) is 20.3 Å². The van der Waals surface area contributed by atoms with Gasteiger partial charge in [-0.15, -0.1) is 0 Å². The van der Waals surface area contributed by atoms with Crippen LogP contribution in [0.4, 0.5) is 0 Å². The van der Waals surface area contributed by atoms with Gasteiger partial charge in [0.1, 0.15) is 0 Å². The Morgan fingerprint density at radius 3 is 0.636 bits per heavy atom. The van der Waals surface area contributed by atoms with Crippen molar-refractivity contribution in [3.05, 3.63) is 0 Å². The van der Waals surface area contributed by atoms with Crippen LogP contribution in [-0.2, 0) is 0 Å². The second-order valence-corrected chi connectivity index (χ2v) is 3.39. The van der Waals surface area contributed by atoms with E-state index in [4.69, 9.17) is 0 Å². The van der Waals surface area contributed by atoms with Gasteiger partial charge in [-0.3, -0.25) is 0 Å². The molecule has 0 aromatic heterocycles. The molecule has 0 saturated carbocycles. The molecule has 0 aromatic rings. The molecule has 0 N–H and O–H groups in total. The fourth-order valence-corrected chi connectivity index (χ4v) is 0. The van der Waals surface area contributed by atoms with Crippen LogP contribution in [0.1, 0.15) is 20.3 Å². The summed E-state index contributed by atoms with van der Waals surface area (Å²) in [5.74, 6) is 0. The molecule has 0 rings (SSSR count). The summed E-state index contributed by atoms with van der Waals surface area (Å²) in [4.78, 5) is 4.00. The molecular weight excluding hydrogens is 136 g/mol. The lowest BCUT2D eigenvalue weighted by Crippen LogP contribution is -1.99. The molecule has 11 heavy (non-hydrogen) atoms. The summed E-state index contributed by atoms with van der Waals surface area (Å²) in [5.41, 5.74) is 0. The van der Waals surface area contributed by atoms with Crippen LogP contribution in [0.25, 0.3) is 0 Å². The molecule has 0 saturated heterocycles. The topological polar surface area (TPSA) is 6.48 Å². The highest BCUT2D eigenvalue weighted by molar-refractivity contribution is 4.09. The number of hydrogen-bond donors (Lipinski definition) is 0. The van der Waals surface area contributed by atoms with Gasteiger partial charge >= 0.3 is 0 Å². The first-order valence-electron chi connectivity index (χ1n) is 4.10. The minimum absolute atomic E-state index is 1.25. The molecule has 0 fully saturated rings. The van der Waals surface area contributed by atoms with Gasteiger partial charge in [-0.25, -0.2) is 0 Å². The summed E-state index contributed by atoms with van der Waals surface area (Å²) >= 11 is 0. The van der Waals surface area contributed by atoms with Gasteiger partial charge in [0, 0.05) is 0 Å². The van der Waals surface area contributed by atoms with E-state index in [0.717, 1.165) is 0 Å². The Morgan fingerprint density at radius 2 is 0.636 bits per heavy atom. The van der Waals surface area contributed by atoms with Crippen LogP contribution in [0.2, 0.25) is 0 Å². The van der Waals surface area contributed by atoms with E-state index >= 15 is 0 Å². The number of hydrogen-bond acceptors (Lipinski definition) is 2. The molecule has 0 aliphatic carbocycles. The maximum atomic E-state index is 2.12. The summed E-state index contributed by atoms with van der Waals surface area (Å²) in [6, 6.07) is 0. The molecule has 0 amide bonds. The van der Waals surface area contributed by atoms with E-state index in [1.54, 1.807) is 0 Å². The Kier molecular flexibility index (Phi) is 25.7. The van der Waals surface area contributed by atoms with Crippen molar-refractivity contribution in [2.24, 2.45) is 0 Å². The Morgan fingerprint density at radius 1 is 0.636 bits per heavy atom. The summed E-state index contributed by atoms with van der Waals surface area (Å²) in [7, 11) is 12.0. The third-order valence-corrected chi connectivity index (χ3v) is 0. The van der Waals surface area contributed by atoms with Crippen LogP contribution >= 0.6 is 0 Å². The van der Waals surface area contributed by atoms with E-state index in [0.29, 0.717) is 0 Å². The van der Waals surface area contributed by atoms with Crippen molar-refractivity contribution in [3.63, 3.8) is 0 Å². The van der Waals surface area contributed by atoms with Crippen LogP contribution in [0, 0.1) is 0 Å². The van der Waals surface area contributed by atoms with Gasteiger partial charge in [0.2, 0.25) is 0 Å². The van der Waals surface area contributed by atoms with Gasteiger partial charge in [0.05, 0.1) is 0 Å². The van der Waals surface area contributed by atoms with Gasteiger partial charge < -0.3 is 9.80 Å². The quantitative estimate of drug-likeness (QED) is 0.535. The van der Waals surface area contributed by atoms with Gasteiger partial charge in [-0.05, 0) is 42.3 Å². The standard InChI is InChI=1S/2C3H9N.C3H8/c2*1-4(2)3;1-3-2/h2*1-3H3;3H2,1-2H3. The SMILES string of the molecule is CCC.CN(C)C.CN(C)C. The van der Waals surface area contributed by atoms with Crippen LogP contribution in [0.3, 0.4) is 0 Å². The lowest BCUT2D eigenvalue weighted by Gasteiger charge is -1.90. The average molecular weight is 162 g/mol. The second kappa shape index (κ2) is 16.5. The van der Waals surface area contributed by atoms with Gasteiger partial charge in [-0.1, -0.05) is 20.3 Å². The molecule has 0 bridgehead atoms. The molecule has 0 radical (unpaired) electrons. The van der Waals surface area contributed by atoms with Crippen molar-refractivity contribution in [2.75, 3.05) is 42.3 Å². The molecule has 0 aliphatic rings. The smallest absolute Gasteiger partial charge is 0.0140 e. The maximum Gasteiger partial charge on any atom is -0.0140 e. The van der Waals surface area contributed by atoms with Crippen molar-refractivity contribution >= 4 is 0 Å². The number of nitrogens with zero attached hydrogens (tertiary/aromatic N) is 2. The first kappa shape index (κ1) is 17.1. The van der Waals surface area contributed by atoms with Crippen molar-refractivity contribution in [1.82, 2.24) is 9.80 Å². The molecule has 72 valence electrons. The van der Waals surface area contributed by atoms with Crippen LogP contribution in [-0.4, -0.2) is 52.1 Å². The zero-order chi connectivity index (χ0) is 9.86. The minimum Gasteiger partial charge on any atom is -0.312 e. The largest absolute Gasteiger partial charge is 0.312 e. The molecule has 0 spiro atoms. The highest BCUT2D eigenvalue weighted by atomic mass is 15.0. The van der Waals surface area contributed by atoms with Crippen molar-refractivity contribution < 1.29 is 0 Å². The Bertz CT molecular complexity index is 31.3. The average Bonchev–Trinajstić information content (AvgIpc) is 1.60. The second-order valence-electron chi connectivity index (χ2n) is 3.39. The molecule has 2 nitrogen and oxygen atoms in total. The maximum absolute atomic E-state index is 2.12. The summed E-state index contributed by atoms with van der Waals surface area (Å²) in [6.07, 6.45) is 1.25. The van der Waals surface area contributed by atoms with Gasteiger partial charge in [0.25, 0.3) is 0 Å². The van der Waals surface area contributed by atoms with E-state index < -0.39 is 0 Å². The third-order valence-electron chi connectivity index (χ3n) is 0. The molecular formula is C9H26N2. The third kappa shape index (κ3) is 97200. The normalized spacial score (nSPS) is 8.18. The summed E-state index contributed by atoms with van der Waals surface area (Å²) in [5, 5.41) is 0. The van der Waals surface area contributed by atoms with Crippen LogP contribution in [0.15, 0.2) is 0 Å². The summed E-state index contributed by atoms with van der Waals surface area (Å²) < 4.78 is 0. The van der Waals surface area contributed by atoms with Crippen LogP contribution < -0.4 is 0 Å². The van der Waals surface area contributed by atoms with E-state index in [-0.39, 0.29) is 0 Å². The van der Waals surface area contributed by atoms with E-state index in [9.17, 15) is 0 Å². The summed E-state index contributed by atoms with van der Waals surface area (Å²) in [6.45, 7) is 4.25. The molecule has 0 aromatic carbocycles. The Hall–Kier alpha value is -0.0800. The number of rotatable bonds is 0. The predicted molar refractivity (Wildman–Crippen MR) is 55.2 cm³/mol. The lowest BCUT2D eigenvalue weighted by atomic mass is 10.6. The molecule has 0 unspecified atom stereocenters. The molecule has 2 heteroatoms. The van der Waals surface area contributed by atoms with Crippen molar-refractivity contribution in [1.29, 1.82) is 0 Å². The molecule has 0 heterocycles. The predicted octanol–water partition coefficient (Wildman–Crippen LogP) is 1.77. The zero-order valence-corrected chi connectivity index (χ0v) is 9.60. The molecule has 0 aliphatic heterocycles. The highest BCUT2D eigenvalue weighted by Gasteiger charge is 1.58. The minimum atomic E-state index is 1.25. The molecule has 0 atom stereocenters. The highest BCUT2D eigenvalue weighted by Crippen LogP contribution is 1.56. The van der Waals surface area contributed by atoms with Gasteiger partial charge in [-0.2, -0.15) is 0 Å². The fraction of sp³-hybridized carbons (Fsp3) is 1.00. The van der Waals surface area contributed by atoms with E-state index in [1.165, 1.54) is 6.42 Å².